The van der Waals surface area contributed by atoms with Gasteiger partial charge in [0.2, 0.25) is 23.5 Å². The van der Waals surface area contributed by atoms with Crippen LogP contribution in [0.1, 0.15) is 131 Å². The smallest absolute Gasteiger partial charge is 0.408 e. The van der Waals surface area contributed by atoms with Gasteiger partial charge in [0, 0.05) is 24.8 Å². The second kappa shape index (κ2) is 15.1. The number of amides is 5. The third kappa shape index (κ3) is 7.44. The van der Waals surface area contributed by atoms with Crippen LogP contribution in [0.4, 0.5) is 4.79 Å². The third-order valence-electron chi connectivity index (χ3n) is 14.6. The summed E-state index contributed by atoms with van der Waals surface area (Å²) in [4.78, 5) is 83.5. The predicted octanol–water partition coefficient (Wildman–Crippen LogP) is 3.90. The highest BCUT2D eigenvalue weighted by molar-refractivity contribution is 6.37. The van der Waals surface area contributed by atoms with Crippen LogP contribution in [-0.4, -0.2) is 90.4 Å². The lowest BCUT2D eigenvalue weighted by atomic mass is 9.73. The number of rotatable bonds is 12. The van der Waals surface area contributed by atoms with E-state index in [1.165, 1.54) is 0 Å². The minimum absolute atomic E-state index is 0.0171. The zero-order chi connectivity index (χ0) is 38.3. The molecular weight excluding hydrogens is 678 g/mol. The summed E-state index contributed by atoms with van der Waals surface area (Å²) in [6.45, 7) is 11.5. The standard InChI is InChI=1S/C40H63N5O8/c1-37(2,3)31(44-34(49)29(25-13-7-6-8-14-25)43-36(51)53-26-15-19-52-20-16-26)35(50)45-23-40(38(4,5)39(40)17-10-18-39)22-28(45)33(48)42-27(30(46)32(41)47)21-24-11-9-12-24/h24-29,31H,6-23H2,1-5H3,(H2,41,47)(H,42,48)(H,43,51)(H,44,49)/t27?,28-,29-,31+,40+/m0/s1. The van der Waals surface area contributed by atoms with Crippen LogP contribution in [-0.2, 0) is 33.4 Å². The summed E-state index contributed by atoms with van der Waals surface area (Å²) in [5.74, 6) is -3.09. The quantitative estimate of drug-likeness (QED) is 0.217. The van der Waals surface area contributed by atoms with E-state index in [1.54, 1.807) is 4.90 Å². The fourth-order valence-corrected chi connectivity index (χ4v) is 10.8. The Hall–Kier alpha value is -3.22. The van der Waals surface area contributed by atoms with E-state index >= 15 is 0 Å². The second-order valence-electron chi connectivity index (χ2n) is 18.7. The number of Topliss-reactive ketones (excluding diaryl/α,β-unsaturated/α-hetero) is 1. The SMILES string of the molecule is CC(C)(C)[C@H](NC(=O)[C@@H](NC(=O)OC1CCOCC1)C1CCCCC1)C(=O)N1C[C@]2(C[C@H]1C(=O)NC(CC1CCC1)C(=O)C(N)=O)C(C)(C)C21CCC1. The van der Waals surface area contributed by atoms with Crippen molar-refractivity contribution >= 4 is 35.5 Å². The van der Waals surface area contributed by atoms with Crippen molar-refractivity contribution in [2.24, 2.45) is 39.2 Å². The van der Waals surface area contributed by atoms with Crippen LogP contribution in [0.25, 0.3) is 0 Å². The van der Waals surface area contributed by atoms with Crippen molar-refractivity contribution in [3.8, 4) is 0 Å². The van der Waals surface area contributed by atoms with Gasteiger partial charge in [0.05, 0.1) is 19.3 Å². The lowest BCUT2D eigenvalue weighted by Crippen LogP contribution is -2.62. The molecule has 6 aliphatic rings. The van der Waals surface area contributed by atoms with Crippen molar-refractivity contribution in [2.45, 2.75) is 161 Å². The van der Waals surface area contributed by atoms with Crippen LogP contribution in [0.2, 0.25) is 0 Å². The van der Waals surface area contributed by atoms with Gasteiger partial charge in [-0.05, 0) is 66.6 Å². The first-order valence-electron chi connectivity index (χ1n) is 20.3. The van der Waals surface area contributed by atoms with Gasteiger partial charge in [-0.1, -0.05) is 79.6 Å². The number of hydrogen-bond donors (Lipinski definition) is 4. The van der Waals surface area contributed by atoms with E-state index in [0.29, 0.717) is 45.4 Å². The Kier molecular flexibility index (Phi) is 11.3. The van der Waals surface area contributed by atoms with E-state index in [-0.39, 0.29) is 40.1 Å². The average molecular weight is 742 g/mol. The van der Waals surface area contributed by atoms with E-state index in [1.807, 2.05) is 20.8 Å². The Morgan fingerprint density at radius 3 is 2.04 bits per heavy atom. The minimum atomic E-state index is -1.09. The van der Waals surface area contributed by atoms with Gasteiger partial charge in [0.15, 0.2) is 0 Å². The summed E-state index contributed by atoms with van der Waals surface area (Å²) < 4.78 is 11.1. The third-order valence-corrected chi connectivity index (χ3v) is 14.6. The van der Waals surface area contributed by atoms with E-state index in [9.17, 15) is 28.8 Å². The number of likely N-dealkylation sites (tertiary alicyclic amines) is 1. The molecule has 0 aromatic rings. The van der Waals surface area contributed by atoms with Crippen molar-refractivity contribution in [1.29, 1.82) is 0 Å². The molecule has 2 aliphatic heterocycles. The monoisotopic (exact) mass is 741 g/mol. The molecule has 0 radical (unpaired) electrons. The van der Waals surface area contributed by atoms with Crippen molar-refractivity contribution in [3.63, 3.8) is 0 Å². The van der Waals surface area contributed by atoms with Gasteiger partial charge < -0.3 is 36.1 Å². The molecule has 13 heteroatoms. The number of alkyl carbamates (subject to hydrolysis) is 1. The number of carbonyl (C=O) groups is 6. The molecule has 4 aliphatic carbocycles. The maximum Gasteiger partial charge on any atom is 0.408 e. The van der Waals surface area contributed by atoms with Gasteiger partial charge in [-0.3, -0.25) is 24.0 Å². The molecular formula is C40H63N5O8. The maximum absolute atomic E-state index is 15.0. The van der Waals surface area contributed by atoms with Gasteiger partial charge >= 0.3 is 6.09 Å². The number of ketones is 1. The summed E-state index contributed by atoms with van der Waals surface area (Å²) in [5, 5.41) is 8.82. The Balaban J connectivity index is 1.25. The van der Waals surface area contributed by atoms with Crippen LogP contribution in [0.5, 0.6) is 0 Å². The summed E-state index contributed by atoms with van der Waals surface area (Å²) in [6.07, 6.45) is 11.5. The van der Waals surface area contributed by atoms with Crippen molar-refractivity contribution in [3.05, 3.63) is 0 Å². The van der Waals surface area contributed by atoms with E-state index in [2.05, 4.69) is 29.8 Å². The fraction of sp³-hybridized carbons (Fsp3) is 0.850. The molecule has 0 bridgehead atoms. The van der Waals surface area contributed by atoms with Crippen LogP contribution < -0.4 is 21.7 Å². The molecule has 53 heavy (non-hydrogen) atoms. The van der Waals surface area contributed by atoms with Gasteiger partial charge in [-0.15, -0.1) is 0 Å². The highest BCUT2D eigenvalue weighted by Gasteiger charge is 2.85. The molecule has 296 valence electrons. The number of fused-ring (bicyclic) bond motifs is 1. The second-order valence-corrected chi connectivity index (χ2v) is 18.7. The van der Waals surface area contributed by atoms with Gasteiger partial charge in [-0.2, -0.15) is 0 Å². The molecule has 2 spiro atoms. The summed E-state index contributed by atoms with van der Waals surface area (Å²) >= 11 is 0. The van der Waals surface area contributed by atoms with E-state index < -0.39 is 59.2 Å². The van der Waals surface area contributed by atoms with E-state index in [0.717, 1.165) is 70.6 Å². The number of hydrogen-bond acceptors (Lipinski definition) is 8. The number of nitrogens with two attached hydrogens (primary N) is 1. The largest absolute Gasteiger partial charge is 0.446 e. The number of primary amides is 1. The molecule has 5 amide bonds. The molecule has 6 rings (SSSR count). The Labute approximate surface area is 314 Å². The molecule has 5 N–H and O–H groups in total. The Bertz CT molecular complexity index is 1440. The lowest BCUT2D eigenvalue weighted by Gasteiger charge is -2.38. The molecule has 0 aromatic heterocycles. The molecule has 2 heterocycles. The first-order valence-corrected chi connectivity index (χ1v) is 20.3. The first kappa shape index (κ1) is 39.5. The lowest BCUT2D eigenvalue weighted by molar-refractivity contribution is -0.145. The molecule has 1 unspecified atom stereocenters. The fourth-order valence-electron chi connectivity index (χ4n) is 10.8. The van der Waals surface area contributed by atoms with Gasteiger partial charge in [-0.25, -0.2) is 4.79 Å². The molecule has 4 saturated carbocycles. The van der Waals surface area contributed by atoms with Crippen LogP contribution in [0, 0.1) is 33.5 Å². The molecule has 5 atom stereocenters. The summed E-state index contributed by atoms with van der Waals surface area (Å²) in [5.41, 5.74) is 4.29. The molecule has 2 saturated heterocycles. The van der Waals surface area contributed by atoms with Crippen LogP contribution in [0.3, 0.4) is 0 Å². The van der Waals surface area contributed by atoms with Crippen molar-refractivity contribution in [1.82, 2.24) is 20.9 Å². The number of carbonyl (C=O) groups excluding carboxylic acids is 6. The first-order chi connectivity index (χ1) is 25.0. The summed E-state index contributed by atoms with van der Waals surface area (Å²) in [6, 6.07) is -3.85. The molecule has 13 nitrogen and oxygen atoms in total. The van der Waals surface area contributed by atoms with Crippen molar-refractivity contribution < 1.29 is 38.2 Å². The zero-order valence-electron chi connectivity index (χ0n) is 32.6. The molecule has 0 aromatic carbocycles. The van der Waals surface area contributed by atoms with Crippen LogP contribution in [0.15, 0.2) is 0 Å². The average Bonchev–Trinajstić information content (AvgIpc) is 3.28. The maximum atomic E-state index is 15.0. The number of ether oxygens (including phenoxy) is 2. The van der Waals surface area contributed by atoms with Crippen molar-refractivity contribution in [2.75, 3.05) is 19.8 Å². The highest BCUT2D eigenvalue weighted by atomic mass is 16.6. The topological polar surface area (TPSA) is 186 Å². The van der Waals surface area contributed by atoms with E-state index in [4.69, 9.17) is 15.2 Å². The zero-order valence-corrected chi connectivity index (χ0v) is 32.6. The predicted molar refractivity (Wildman–Crippen MR) is 196 cm³/mol. The van der Waals surface area contributed by atoms with Gasteiger partial charge in [0.25, 0.3) is 5.91 Å². The number of nitrogens with zero attached hydrogens (tertiary/aromatic N) is 1. The normalized spacial score (nSPS) is 28.5. The van der Waals surface area contributed by atoms with Gasteiger partial charge in [0.1, 0.15) is 24.2 Å². The summed E-state index contributed by atoms with van der Waals surface area (Å²) in [7, 11) is 0. The number of nitrogens with one attached hydrogen (secondary N) is 3. The Morgan fingerprint density at radius 2 is 1.51 bits per heavy atom. The Morgan fingerprint density at radius 1 is 0.849 bits per heavy atom. The highest BCUT2D eigenvalue weighted by Crippen LogP contribution is 2.88. The molecule has 6 fully saturated rings. The minimum Gasteiger partial charge on any atom is -0.446 e. The van der Waals surface area contributed by atoms with Crippen LogP contribution >= 0.6 is 0 Å².